The first-order valence-electron chi connectivity index (χ1n) is 1.27. The van der Waals surface area contributed by atoms with Crippen LogP contribution in [0.4, 0.5) is 0 Å². The Labute approximate surface area is 50.8 Å². The molecule has 0 saturated carbocycles. The van der Waals surface area contributed by atoms with Crippen LogP contribution in [0, 0.1) is 4.91 Å². The molecule has 0 heterocycles. The average Bonchev–Trinajstić information content (AvgIpc) is 1.33. The molecule has 0 bridgehead atoms. The Morgan fingerprint density at radius 3 is 1.86 bits per heavy atom. The van der Waals surface area contributed by atoms with Crippen molar-refractivity contribution in [1.29, 1.82) is 0 Å². The van der Waals surface area contributed by atoms with Crippen molar-refractivity contribution in [3.8, 4) is 0 Å². The van der Waals surface area contributed by atoms with Gasteiger partial charge in [-0.2, -0.15) is 0 Å². The van der Waals surface area contributed by atoms with E-state index in [0.29, 0.717) is 0 Å². The van der Waals surface area contributed by atoms with Crippen LogP contribution in [0.3, 0.4) is 0 Å². The summed E-state index contributed by atoms with van der Waals surface area (Å²) in [5.74, 6) is -0.833. The molecule has 0 aliphatic rings. The van der Waals surface area contributed by atoms with Crippen LogP contribution < -0.4 is 0 Å². The first kappa shape index (κ1) is 9.85. The molecule has 0 radical (unpaired) electrons. The molecule has 0 spiro atoms. The van der Waals surface area contributed by atoms with E-state index >= 15 is 0 Å². The Morgan fingerprint density at radius 2 is 1.86 bits per heavy atom. The van der Waals surface area contributed by atoms with Crippen LogP contribution in [-0.4, -0.2) is 11.1 Å². The molecule has 0 fully saturated rings. The van der Waals surface area contributed by atoms with Crippen LogP contribution in [0.1, 0.15) is 6.92 Å². The molecule has 0 amide bonds. The molecule has 43 valence electrons. The fourth-order valence-corrected chi connectivity index (χ4v) is 0. The van der Waals surface area contributed by atoms with Gasteiger partial charge in [0.15, 0.2) is 0 Å². The molecule has 0 aliphatic carbocycles. The van der Waals surface area contributed by atoms with Gasteiger partial charge in [0.05, 0.1) is 0 Å². The van der Waals surface area contributed by atoms with Crippen molar-refractivity contribution in [3.05, 3.63) is 4.91 Å². The van der Waals surface area contributed by atoms with Crippen LogP contribution in [0.25, 0.3) is 0 Å². The van der Waals surface area contributed by atoms with Gasteiger partial charge in [0.2, 0.25) is 0 Å². The topological polar surface area (TPSA) is 66.7 Å². The number of carboxylic acids is 1. The van der Waals surface area contributed by atoms with E-state index in [0.717, 1.165) is 6.92 Å². The maximum absolute atomic E-state index is 9.00. The van der Waals surface area contributed by atoms with Gasteiger partial charge in [0, 0.05) is 6.92 Å². The zero-order valence-corrected chi connectivity index (χ0v) is 5.30. The third kappa shape index (κ3) is 826. The maximum atomic E-state index is 9.00. The summed E-state index contributed by atoms with van der Waals surface area (Å²) in [6, 6.07) is 0. The molecule has 0 aromatic rings. The summed E-state index contributed by atoms with van der Waals surface area (Å²) >= 11 is 1.58. The first-order chi connectivity index (χ1) is 3.15. The normalized spacial score (nSPS) is 5.43. The van der Waals surface area contributed by atoms with Crippen molar-refractivity contribution in [2.75, 3.05) is 0 Å². The van der Waals surface area contributed by atoms with E-state index in [1.165, 1.54) is 0 Å². The van der Waals surface area contributed by atoms with Crippen LogP contribution in [0.5, 0.6) is 0 Å². The second kappa shape index (κ2) is 9.19. The molecule has 4 nitrogen and oxygen atoms in total. The van der Waals surface area contributed by atoms with E-state index in [4.69, 9.17) is 14.8 Å². The van der Waals surface area contributed by atoms with Crippen molar-refractivity contribution in [2.24, 2.45) is 3.92 Å². The summed E-state index contributed by atoms with van der Waals surface area (Å²) in [7, 11) is 0. The zero-order chi connectivity index (χ0) is 6.28. The molecule has 0 aromatic carbocycles. The third-order valence-corrected chi connectivity index (χ3v) is 0. The summed E-state index contributed by atoms with van der Waals surface area (Å²) in [5.41, 5.74) is 0. The van der Waals surface area contributed by atoms with Gasteiger partial charge in [-0.1, -0.05) is 0 Å². The van der Waals surface area contributed by atoms with Gasteiger partial charge in [-0.15, -0.1) is 0 Å². The first-order valence-corrected chi connectivity index (χ1v) is 2.05. The second-order valence-corrected chi connectivity index (χ2v) is 0.901. The number of nitrogens with zero attached hydrogens (tertiary/aromatic N) is 1. The number of nitroso groups, excluding NO2 is 1. The quantitative estimate of drug-likeness (QED) is 0.442. The van der Waals surface area contributed by atoms with Gasteiger partial charge in [-0.3, -0.25) is 4.79 Å². The minimum atomic E-state index is -0.833. The number of rotatable bonds is 0. The van der Waals surface area contributed by atoms with Gasteiger partial charge in [0.25, 0.3) is 5.97 Å². The molecule has 0 atom stereocenters. The zero-order valence-electron chi connectivity index (χ0n) is 3.56. The number of carboxylic acid groups (broad SMARTS) is 1. The van der Waals surface area contributed by atoms with Crippen molar-refractivity contribution in [2.45, 2.75) is 6.92 Å². The predicted octanol–water partition coefficient (Wildman–Crippen LogP) is 0.305. The molecule has 1 N–H and O–H groups in total. The van der Waals surface area contributed by atoms with Gasteiger partial charge in [-0.25, -0.2) is 0 Å². The molecule has 0 aliphatic heterocycles. The average molecular weight is 191 g/mol. The van der Waals surface area contributed by atoms with E-state index in [2.05, 4.69) is 3.92 Å². The summed E-state index contributed by atoms with van der Waals surface area (Å²) in [5, 5.41) is 7.42. The van der Waals surface area contributed by atoms with Crippen LogP contribution in [0.2, 0.25) is 0 Å². The third-order valence-electron chi connectivity index (χ3n) is 0. The standard InChI is InChI=1S/C2H4O2.NO.Ru/c1-2(3)4;1-2;/h1H3,(H,3,4);;/q;-1;+1. The van der Waals surface area contributed by atoms with Crippen molar-refractivity contribution >= 4 is 5.97 Å². The Bertz CT molecular complexity index is 60.0. The van der Waals surface area contributed by atoms with Crippen LogP contribution in [-0.2, 0) is 23.3 Å². The number of hydrogen-bond donors (Lipinski definition) is 1. The van der Waals surface area contributed by atoms with Gasteiger partial charge in [0.1, 0.15) is 0 Å². The summed E-state index contributed by atoms with van der Waals surface area (Å²) in [4.78, 5) is 17.5. The van der Waals surface area contributed by atoms with Gasteiger partial charge >= 0.3 is 27.4 Å². The fourth-order valence-electron chi connectivity index (χ4n) is 0. The monoisotopic (exact) mass is 192 g/mol. The second-order valence-electron chi connectivity index (χ2n) is 0.584. The van der Waals surface area contributed by atoms with E-state index in [1.54, 1.807) is 18.5 Å². The molecule has 0 saturated heterocycles. The van der Waals surface area contributed by atoms with Crippen molar-refractivity contribution < 1.29 is 28.4 Å². The number of aliphatic carboxylic acids is 1. The number of carbonyl (C=O) groups is 1. The van der Waals surface area contributed by atoms with Crippen molar-refractivity contribution in [3.63, 3.8) is 0 Å². The summed E-state index contributed by atoms with van der Waals surface area (Å²) < 4.78 is 2.18. The fraction of sp³-hybridized carbons (Fsp3) is 0.500. The van der Waals surface area contributed by atoms with Crippen LogP contribution in [0.15, 0.2) is 3.92 Å². The SMILES string of the molecule is CC(=O)O.O=[N][Ru]. The molecule has 7 heavy (non-hydrogen) atoms. The summed E-state index contributed by atoms with van der Waals surface area (Å²) in [6.45, 7) is 1.08. The van der Waals surface area contributed by atoms with E-state index < -0.39 is 5.97 Å². The number of hydrogen-bond acceptors (Lipinski definition) is 3. The molecule has 5 heteroatoms. The van der Waals surface area contributed by atoms with Gasteiger partial charge < -0.3 is 5.11 Å². The summed E-state index contributed by atoms with van der Waals surface area (Å²) in [6.07, 6.45) is 0. The Morgan fingerprint density at radius 1 is 1.86 bits per heavy atom. The minimum absolute atomic E-state index is 0.833. The Balaban J connectivity index is 0. The molecule has 0 unspecified atom stereocenters. The molecule has 0 aromatic heterocycles. The molecular formula is C2H4NO3Ru. The van der Waals surface area contributed by atoms with E-state index in [9.17, 15) is 0 Å². The van der Waals surface area contributed by atoms with Gasteiger partial charge in [-0.05, 0) is 0 Å². The van der Waals surface area contributed by atoms with E-state index in [1.807, 2.05) is 0 Å². The Hall–Kier alpha value is -0.307. The van der Waals surface area contributed by atoms with E-state index in [-0.39, 0.29) is 0 Å². The Kier molecular flexibility index (Phi) is 12.9. The molecule has 0 rings (SSSR count). The predicted molar refractivity (Wildman–Crippen MR) is 19.1 cm³/mol. The van der Waals surface area contributed by atoms with Crippen LogP contribution >= 0.6 is 0 Å². The van der Waals surface area contributed by atoms with Crippen molar-refractivity contribution in [1.82, 2.24) is 0 Å². The molecular weight excluding hydrogens is 187 g/mol.